The molecule has 1 saturated heterocycles. The molecule has 1 aliphatic rings. The lowest BCUT2D eigenvalue weighted by molar-refractivity contribution is -0.157. The van der Waals surface area contributed by atoms with Crippen molar-refractivity contribution in [1.82, 2.24) is 19.1 Å². The number of hydrogen-bond acceptors (Lipinski definition) is 6. The van der Waals surface area contributed by atoms with E-state index in [9.17, 15) is 18.0 Å². The van der Waals surface area contributed by atoms with Gasteiger partial charge in [0, 0.05) is 48.2 Å². The van der Waals surface area contributed by atoms with Gasteiger partial charge in [-0.05, 0) is 29.8 Å². The van der Waals surface area contributed by atoms with Crippen LogP contribution in [-0.4, -0.2) is 85.1 Å². The zero-order chi connectivity index (χ0) is 27.6. The van der Waals surface area contributed by atoms with Crippen molar-refractivity contribution in [1.29, 1.82) is 5.41 Å². The number of aromatic amines is 1. The van der Waals surface area contributed by atoms with Crippen LogP contribution in [0.15, 0.2) is 66.2 Å². The third-order valence-electron chi connectivity index (χ3n) is 6.40. The molecule has 0 radical (unpaired) electrons. The molecule has 12 heteroatoms. The molecule has 1 fully saturated rings. The number of ether oxygens (including phenoxy) is 1. The number of benzene rings is 2. The van der Waals surface area contributed by atoms with Crippen molar-refractivity contribution in [3.05, 3.63) is 77.3 Å². The zero-order valence-corrected chi connectivity index (χ0v) is 22.6. The number of halogens is 1. The fraction of sp³-hybridized carbons (Fsp3) is 0.269. The number of methoxy groups -OCH3 is 1. The first kappa shape index (κ1) is 27.4. The molecule has 0 saturated carbocycles. The summed E-state index contributed by atoms with van der Waals surface area (Å²) in [7, 11) is -1.14. The molecule has 0 unspecified atom stereocenters. The predicted octanol–water partition coefficient (Wildman–Crippen LogP) is 2.84. The highest BCUT2D eigenvalue weighted by atomic mass is 35.5. The second kappa shape index (κ2) is 11.0. The Morgan fingerprint density at radius 1 is 1.26 bits per heavy atom. The standard InChI is InChI=1S/C26H28ClN5O5S/c1-4-11-30(2)25(28)18-7-5-17(6-8-18)14-32-22(26(34)37-3)15-31(16-24(32)33)38(35,36)23-13-19-12-20(27)9-10-21(19)29-23/h4-10,12-13,22,28-29H,1,11,14-16H2,2-3H3/t22-/m1/s1. The number of likely N-dealkylation sites (N-methyl/N-ethyl adjacent to an activating group) is 1. The Morgan fingerprint density at radius 2 is 1.97 bits per heavy atom. The smallest absolute Gasteiger partial charge is 0.329 e. The van der Waals surface area contributed by atoms with Crippen LogP contribution in [0, 0.1) is 5.41 Å². The van der Waals surface area contributed by atoms with Gasteiger partial charge in [-0.15, -0.1) is 6.58 Å². The quantitative estimate of drug-likeness (QED) is 0.190. The van der Waals surface area contributed by atoms with Crippen LogP contribution >= 0.6 is 11.6 Å². The van der Waals surface area contributed by atoms with Crippen molar-refractivity contribution in [2.24, 2.45) is 0 Å². The van der Waals surface area contributed by atoms with E-state index in [1.165, 1.54) is 18.1 Å². The Balaban J connectivity index is 1.56. The van der Waals surface area contributed by atoms with Gasteiger partial charge < -0.3 is 19.5 Å². The number of nitrogens with one attached hydrogen (secondary N) is 2. The van der Waals surface area contributed by atoms with Crippen molar-refractivity contribution < 1.29 is 22.7 Å². The first-order chi connectivity index (χ1) is 18.0. The maximum atomic E-state index is 13.4. The van der Waals surface area contributed by atoms with Gasteiger partial charge in [0.25, 0.3) is 10.0 Å². The Hall–Kier alpha value is -3.67. The Morgan fingerprint density at radius 3 is 2.63 bits per heavy atom. The summed E-state index contributed by atoms with van der Waals surface area (Å²) in [6.07, 6.45) is 1.70. The summed E-state index contributed by atoms with van der Waals surface area (Å²) in [5.41, 5.74) is 1.98. The normalized spacial score (nSPS) is 16.4. The number of carbonyl (C=O) groups excluding carboxylic acids is 2. The van der Waals surface area contributed by atoms with Crippen LogP contribution in [0.1, 0.15) is 11.1 Å². The van der Waals surface area contributed by atoms with Crippen LogP contribution in [0.5, 0.6) is 0 Å². The van der Waals surface area contributed by atoms with Gasteiger partial charge in [0.2, 0.25) is 5.91 Å². The minimum atomic E-state index is -4.12. The monoisotopic (exact) mass is 557 g/mol. The molecule has 0 spiro atoms. The van der Waals surface area contributed by atoms with Gasteiger partial charge in [-0.2, -0.15) is 4.31 Å². The Bertz CT molecular complexity index is 1500. The minimum absolute atomic E-state index is 0.0769. The molecule has 0 bridgehead atoms. The molecule has 2 heterocycles. The fourth-order valence-corrected chi connectivity index (χ4v) is 5.91. The molecule has 2 aromatic carbocycles. The number of sulfonamides is 1. The average molecular weight is 558 g/mol. The van der Waals surface area contributed by atoms with E-state index in [4.69, 9.17) is 21.7 Å². The van der Waals surface area contributed by atoms with Crippen molar-refractivity contribution in [2.75, 3.05) is 33.8 Å². The second-order valence-electron chi connectivity index (χ2n) is 8.94. The van der Waals surface area contributed by atoms with Crippen molar-refractivity contribution >= 4 is 50.2 Å². The molecule has 1 amide bonds. The topological polar surface area (TPSA) is 127 Å². The number of aromatic nitrogens is 1. The molecule has 4 rings (SSSR count). The number of piperazine rings is 1. The van der Waals surface area contributed by atoms with E-state index < -0.39 is 34.5 Å². The number of H-pyrrole nitrogens is 1. The van der Waals surface area contributed by atoms with E-state index >= 15 is 0 Å². The van der Waals surface area contributed by atoms with E-state index in [0.717, 1.165) is 9.87 Å². The van der Waals surface area contributed by atoms with Gasteiger partial charge >= 0.3 is 5.97 Å². The molecule has 38 heavy (non-hydrogen) atoms. The van der Waals surface area contributed by atoms with Crippen LogP contribution in [0.2, 0.25) is 5.02 Å². The summed E-state index contributed by atoms with van der Waals surface area (Å²) in [5.74, 6) is -0.930. The number of amidine groups is 1. The molecule has 1 aliphatic heterocycles. The highest BCUT2D eigenvalue weighted by molar-refractivity contribution is 7.89. The Labute approximate surface area is 226 Å². The Kier molecular flexibility index (Phi) is 7.91. The number of rotatable bonds is 8. The summed E-state index contributed by atoms with van der Waals surface area (Å²) in [5, 5.41) is 9.26. The molecule has 10 nitrogen and oxygen atoms in total. The van der Waals surface area contributed by atoms with Gasteiger partial charge in [-0.3, -0.25) is 10.2 Å². The van der Waals surface area contributed by atoms with E-state index in [1.807, 2.05) is 0 Å². The lowest BCUT2D eigenvalue weighted by Crippen LogP contribution is -2.60. The minimum Gasteiger partial charge on any atom is -0.467 e. The number of fused-ring (bicyclic) bond motifs is 1. The summed E-state index contributed by atoms with van der Waals surface area (Å²) < 4.78 is 32.7. The zero-order valence-electron chi connectivity index (χ0n) is 21.0. The van der Waals surface area contributed by atoms with Crippen LogP contribution in [0.25, 0.3) is 10.9 Å². The summed E-state index contributed by atoms with van der Waals surface area (Å²) in [6, 6.07) is 12.3. The molecule has 200 valence electrons. The van der Waals surface area contributed by atoms with Crippen molar-refractivity contribution in [3.63, 3.8) is 0 Å². The van der Waals surface area contributed by atoms with Gasteiger partial charge in [-0.25, -0.2) is 13.2 Å². The van der Waals surface area contributed by atoms with Gasteiger partial charge in [0.1, 0.15) is 16.9 Å². The lowest BCUT2D eigenvalue weighted by atomic mass is 10.1. The van der Waals surface area contributed by atoms with Crippen LogP contribution < -0.4 is 0 Å². The molecule has 3 aromatic rings. The van der Waals surface area contributed by atoms with Crippen LogP contribution in [-0.2, 0) is 30.9 Å². The van der Waals surface area contributed by atoms with E-state index in [-0.39, 0.29) is 18.1 Å². The number of esters is 1. The third kappa shape index (κ3) is 5.45. The summed E-state index contributed by atoms with van der Waals surface area (Å²) in [6.45, 7) is 3.59. The number of nitrogens with zero attached hydrogens (tertiary/aromatic N) is 3. The average Bonchev–Trinajstić information content (AvgIpc) is 3.33. The van der Waals surface area contributed by atoms with Crippen molar-refractivity contribution in [2.45, 2.75) is 17.6 Å². The number of amides is 1. The molecule has 2 N–H and O–H groups in total. The molecule has 1 aromatic heterocycles. The number of hydrogen-bond donors (Lipinski definition) is 2. The number of carbonyl (C=O) groups is 2. The summed E-state index contributed by atoms with van der Waals surface area (Å²) in [4.78, 5) is 31.8. The van der Waals surface area contributed by atoms with Gasteiger partial charge in [0.15, 0.2) is 0 Å². The van der Waals surface area contributed by atoms with Crippen molar-refractivity contribution in [3.8, 4) is 0 Å². The first-order valence-electron chi connectivity index (χ1n) is 11.7. The lowest BCUT2D eigenvalue weighted by Gasteiger charge is -2.38. The predicted molar refractivity (Wildman–Crippen MR) is 145 cm³/mol. The molecule has 1 atom stereocenters. The third-order valence-corrected chi connectivity index (χ3v) is 8.37. The maximum absolute atomic E-state index is 13.4. The summed E-state index contributed by atoms with van der Waals surface area (Å²) >= 11 is 6.02. The highest BCUT2D eigenvalue weighted by Crippen LogP contribution is 2.27. The van der Waals surface area contributed by atoms with Crippen LogP contribution in [0.3, 0.4) is 0 Å². The van der Waals surface area contributed by atoms with E-state index in [1.54, 1.807) is 60.5 Å². The maximum Gasteiger partial charge on any atom is 0.329 e. The highest BCUT2D eigenvalue weighted by Gasteiger charge is 2.42. The van der Waals surface area contributed by atoms with E-state index in [2.05, 4.69) is 11.6 Å². The SMILES string of the molecule is C=CCN(C)C(=N)c1ccc(CN2C(=O)CN(S(=O)(=O)c3cc4cc(Cl)ccc4[nH]3)C[C@@H]2C(=O)OC)cc1. The molecule has 0 aliphatic carbocycles. The molecular formula is C26H28ClN5O5S. The fourth-order valence-electron chi connectivity index (χ4n) is 4.32. The first-order valence-corrected chi connectivity index (χ1v) is 13.5. The largest absolute Gasteiger partial charge is 0.467 e. The van der Waals surface area contributed by atoms with Crippen LogP contribution in [0.4, 0.5) is 0 Å². The van der Waals surface area contributed by atoms with E-state index in [0.29, 0.717) is 33.9 Å². The van der Waals surface area contributed by atoms with Gasteiger partial charge in [0.05, 0.1) is 13.7 Å². The second-order valence-corrected chi connectivity index (χ2v) is 11.3. The van der Waals surface area contributed by atoms with Gasteiger partial charge in [-0.1, -0.05) is 41.9 Å². The molecular weight excluding hydrogens is 530 g/mol.